The highest BCUT2D eigenvalue weighted by Crippen LogP contribution is 2.39. The van der Waals surface area contributed by atoms with Crippen LogP contribution in [-0.4, -0.2) is 32.8 Å². The predicted octanol–water partition coefficient (Wildman–Crippen LogP) is 4.57. The molecular formula is C23H33F2N3O. The van der Waals surface area contributed by atoms with Crippen molar-refractivity contribution in [1.29, 1.82) is 0 Å². The number of carbonyl (C=O) groups is 1. The van der Waals surface area contributed by atoms with Crippen LogP contribution in [0.15, 0.2) is 28.4 Å². The molecule has 0 radical (unpaired) electrons. The molecule has 1 unspecified atom stereocenters. The number of rotatable bonds is 10. The van der Waals surface area contributed by atoms with Gasteiger partial charge in [-0.05, 0) is 89.4 Å². The van der Waals surface area contributed by atoms with Gasteiger partial charge < -0.3 is 10.6 Å². The molecule has 6 heteroatoms. The first kappa shape index (κ1) is 23.2. The van der Waals surface area contributed by atoms with Crippen molar-refractivity contribution in [3.05, 3.63) is 46.2 Å². The Morgan fingerprint density at radius 3 is 2.52 bits per heavy atom. The molecule has 0 saturated heterocycles. The summed E-state index contributed by atoms with van der Waals surface area (Å²) in [5, 5.41) is 6.13. The molecule has 0 spiro atoms. The van der Waals surface area contributed by atoms with Crippen LogP contribution in [0.25, 0.3) is 0 Å². The third-order valence-corrected chi connectivity index (χ3v) is 6.11. The van der Waals surface area contributed by atoms with Crippen LogP contribution < -0.4 is 10.6 Å². The van der Waals surface area contributed by atoms with Crippen LogP contribution in [0, 0.1) is 18.6 Å². The van der Waals surface area contributed by atoms with E-state index in [0.717, 1.165) is 31.0 Å². The van der Waals surface area contributed by atoms with Gasteiger partial charge >= 0.3 is 0 Å². The first-order chi connectivity index (χ1) is 13.9. The number of carbonyl (C=O) groups excluding carboxylic acids is 1. The number of hydrogen-bond acceptors (Lipinski definition) is 3. The Bertz CT molecular complexity index is 752. The van der Waals surface area contributed by atoms with Crippen LogP contribution in [0.4, 0.5) is 8.78 Å². The summed E-state index contributed by atoms with van der Waals surface area (Å²) in [4.78, 5) is 16.7. The normalized spacial score (nSPS) is 16.4. The van der Waals surface area contributed by atoms with Crippen molar-refractivity contribution in [3.63, 3.8) is 0 Å². The molecule has 1 aliphatic rings. The molecule has 29 heavy (non-hydrogen) atoms. The van der Waals surface area contributed by atoms with Gasteiger partial charge in [0.25, 0.3) is 0 Å². The maximum absolute atomic E-state index is 14.8. The number of halogens is 2. The molecular weight excluding hydrogens is 372 g/mol. The molecule has 1 atom stereocenters. The maximum atomic E-state index is 14.8. The summed E-state index contributed by atoms with van der Waals surface area (Å²) in [5.74, 6) is -1.19. The van der Waals surface area contributed by atoms with Crippen LogP contribution in [0.2, 0.25) is 0 Å². The molecule has 1 amide bonds. The minimum atomic E-state index is -0.565. The van der Waals surface area contributed by atoms with E-state index in [9.17, 15) is 13.6 Å². The highest BCUT2D eigenvalue weighted by molar-refractivity contribution is 5.94. The average Bonchev–Trinajstić information content (AvgIpc) is 2.70. The smallest absolute Gasteiger partial charge is 0.249 e. The van der Waals surface area contributed by atoms with E-state index in [0.29, 0.717) is 55.5 Å². The van der Waals surface area contributed by atoms with Crippen LogP contribution in [0.5, 0.6) is 0 Å². The van der Waals surface area contributed by atoms with Gasteiger partial charge in [0.1, 0.15) is 11.6 Å². The topological polar surface area (TPSA) is 53.5 Å². The van der Waals surface area contributed by atoms with Gasteiger partial charge in [-0.2, -0.15) is 0 Å². The van der Waals surface area contributed by atoms with Crippen molar-refractivity contribution in [2.75, 3.05) is 20.1 Å². The van der Waals surface area contributed by atoms with E-state index in [4.69, 9.17) is 0 Å². The highest BCUT2D eigenvalue weighted by Gasteiger charge is 2.34. The van der Waals surface area contributed by atoms with Crippen molar-refractivity contribution in [1.82, 2.24) is 10.6 Å². The van der Waals surface area contributed by atoms with Gasteiger partial charge in [-0.3, -0.25) is 9.79 Å². The summed E-state index contributed by atoms with van der Waals surface area (Å²) in [5.41, 5.74) is 2.17. The summed E-state index contributed by atoms with van der Waals surface area (Å²) in [6.45, 7) is 8.47. The highest BCUT2D eigenvalue weighted by atomic mass is 19.1. The van der Waals surface area contributed by atoms with Gasteiger partial charge in [0.05, 0.1) is 0 Å². The lowest BCUT2D eigenvalue weighted by atomic mass is 9.71. The number of benzene rings is 1. The minimum Gasteiger partial charge on any atom is -0.352 e. The van der Waals surface area contributed by atoms with Gasteiger partial charge in [0.15, 0.2) is 0 Å². The Kier molecular flexibility index (Phi) is 8.50. The quantitative estimate of drug-likeness (QED) is 0.561. The van der Waals surface area contributed by atoms with Gasteiger partial charge in [0.2, 0.25) is 5.91 Å². The van der Waals surface area contributed by atoms with Crippen LogP contribution in [-0.2, 0) is 10.2 Å². The van der Waals surface area contributed by atoms with Crippen molar-refractivity contribution in [2.24, 2.45) is 4.99 Å². The molecule has 0 fully saturated rings. The second-order valence-corrected chi connectivity index (χ2v) is 7.86. The van der Waals surface area contributed by atoms with E-state index in [2.05, 4.69) is 22.3 Å². The van der Waals surface area contributed by atoms with Crippen molar-refractivity contribution >= 4 is 12.6 Å². The largest absolute Gasteiger partial charge is 0.352 e. The number of nitrogens with one attached hydrogen (secondary N) is 2. The lowest BCUT2D eigenvalue weighted by Gasteiger charge is -2.35. The van der Waals surface area contributed by atoms with E-state index >= 15 is 0 Å². The molecule has 0 aromatic heterocycles. The summed E-state index contributed by atoms with van der Waals surface area (Å²) in [6, 6.07) is 2.34. The zero-order chi connectivity index (χ0) is 21.4. The average molecular weight is 406 g/mol. The Hall–Kier alpha value is -2.08. The fourth-order valence-corrected chi connectivity index (χ4v) is 4.47. The Labute approximate surface area is 172 Å². The standard InChI is InChI=1S/C23H33F2N3O/c1-5-23(10-12-26-3,21-16(2)14-17(24)15-19(21)25)11-13-28-22(29)18-8-6-7-9-20(18)27-4/h14-15,26H,4-13H2,1-3H3,(H,28,29). The zero-order valence-corrected chi connectivity index (χ0v) is 17.8. The van der Waals surface area contributed by atoms with E-state index < -0.39 is 17.0 Å². The summed E-state index contributed by atoms with van der Waals surface area (Å²) in [7, 11) is 1.86. The second-order valence-electron chi connectivity index (χ2n) is 7.86. The van der Waals surface area contributed by atoms with E-state index in [1.807, 2.05) is 14.0 Å². The molecule has 0 heterocycles. The SMILES string of the molecule is C=NC1=C(C(=O)NCCC(CC)(CCNC)c2c(C)cc(F)cc2F)CCCC1. The summed E-state index contributed by atoms with van der Waals surface area (Å²) in [6.07, 6.45) is 5.46. The molecule has 1 aromatic rings. The first-order valence-corrected chi connectivity index (χ1v) is 10.5. The Balaban J connectivity index is 2.22. The fraction of sp³-hybridized carbons (Fsp3) is 0.565. The number of aliphatic imine (C=N–C) groups is 1. The first-order valence-electron chi connectivity index (χ1n) is 10.5. The number of aryl methyl sites for hydroxylation is 1. The van der Waals surface area contributed by atoms with Crippen LogP contribution >= 0.6 is 0 Å². The molecule has 1 aliphatic carbocycles. The third kappa shape index (κ3) is 5.50. The fourth-order valence-electron chi connectivity index (χ4n) is 4.47. The second kappa shape index (κ2) is 10.6. The zero-order valence-electron chi connectivity index (χ0n) is 17.8. The predicted molar refractivity (Wildman–Crippen MR) is 114 cm³/mol. The van der Waals surface area contributed by atoms with Crippen molar-refractivity contribution < 1.29 is 13.6 Å². The number of amides is 1. The molecule has 0 saturated carbocycles. The molecule has 0 aliphatic heterocycles. The monoisotopic (exact) mass is 405 g/mol. The molecule has 0 bridgehead atoms. The van der Waals surface area contributed by atoms with Crippen molar-refractivity contribution in [2.45, 2.75) is 64.2 Å². The lowest BCUT2D eigenvalue weighted by molar-refractivity contribution is -0.117. The molecule has 2 N–H and O–H groups in total. The number of hydrogen-bond donors (Lipinski definition) is 2. The molecule has 1 aromatic carbocycles. The van der Waals surface area contributed by atoms with E-state index in [-0.39, 0.29) is 5.91 Å². The molecule has 160 valence electrons. The van der Waals surface area contributed by atoms with Gasteiger partial charge in [-0.25, -0.2) is 8.78 Å². The van der Waals surface area contributed by atoms with Gasteiger partial charge in [0, 0.05) is 29.3 Å². The number of allylic oxidation sites excluding steroid dienone is 1. The minimum absolute atomic E-state index is 0.109. The van der Waals surface area contributed by atoms with E-state index in [1.165, 1.54) is 6.07 Å². The van der Waals surface area contributed by atoms with Gasteiger partial charge in [-0.1, -0.05) is 6.92 Å². The molecule has 4 nitrogen and oxygen atoms in total. The van der Waals surface area contributed by atoms with Crippen LogP contribution in [0.1, 0.15) is 63.0 Å². The maximum Gasteiger partial charge on any atom is 0.249 e. The van der Waals surface area contributed by atoms with E-state index in [1.54, 1.807) is 6.92 Å². The van der Waals surface area contributed by atoms with Crippen molar-refractivity contribution in [3.8, 4) is 0 Å². The Morgan fingerprint density at radius 1 is 1.21 bits per heavy atom. The summed E-state index contributed by atoms with van der Waals surface area (Å²) < 4.78 is 28.5. The molecule has 2 rings (SSSR count). The van der Waals surface area contributed by atoms with Gasteiger partial charge in [-0.15, -0.1) is 0 Å². The lowest BCUT2D eigenvalue weighted by Crippen LogP contribution is -2.37. The Morgan fingerprint density at radius 2 is 1.90 bits per heavy atom. The third-order valence-electron chi connectivity index (χ3n) is 6.11. The summed E-state index contributed by atoms with van der Waals surface area (Å²) >= 11 is 0. The number of nitrogens with zero attached hydrogens (tertiary/aromatic N) is 1. The van der Waals surface area contributed by atoms with Crippen LogP contribution in [0.3, 0.4) is 0 Å².